The van der Waals surface area contributed by atoms with Crippen LogP contribution < -0.4 is 0 Å². The van der Waals surface area contributed by atoms with E-state index in [0.29, 0.717) is 26.4 Å². The molecular weight excluding hydrogens is 276 g/mol. The van der Waals surface area contributed by atoms with E-state index >= 15 is 0 Å². The highest BCUT2D eigenvalue weighted by atomic mass is 16.5. The number of hydrogen-bond acceptors (Lipinski definition) is 3. The van der Waals surface area contributed by atoms with Crippen molar-refractivity contribution in [2.24, 2.45) is 0 Å². The summed E-state index contributed by atoms with van der Waals surface area (Å²) in [6, 6.07) is 20.6. The minimum Gasteiger partial charge on any atom is -0.382 e. The lowest BCUT2D eigenvalue weighted by atomic mass is 9.88. The monoisotopic (exact) mass is 300 g/mol. The lowest BCUT2D eigenvalue weighted by Gasteiger charge is -2.31. The molecule has 3 heteroatoms. The molecule has 0 fully saturated rings. The van der Waals surface area contributed by atoms with E-state index in [1.807, 2.05) is 36.4 Å². The Kier molecular flexibility index (Phi) is 6.59. The second-order valence-corrected chi connectivity index (χ2v) is 5.22. The fraction of sp³-hybridized carbons (Fsp3) is 0.368. The number of methoxy groups -OCH3 is 1. The molecule has 3 nitrogen and oxygen atoms in total. The van der Waals surface area contributed by atoms with Crippen LogP contribution in [0.25, 0.3) is 0 Å². The molecule has 2 aromatic rings. The Labute approximate surface area is 132 Å². The van der Waals surface area contributed by atoms with Gasteiger partial charge in [0.05, 0.1) is 26.4 Å². The van der Waals surface area contributed by atoms with Gasteiger partial charge in [-0.25, -0.2) is 0 Å². The van der Waals surface area contributed by atoms with Crippen LogP contribution in [-0.4, -0.2) is 33.5 Å². The van der Waals surface area contributed by atoms with Gasteiger partial charge in [0, 0.05) is 7.11 Å². The first-order valence-electron chi connectivity index (χ1n) is 7.59. The van der Waals surface area contributed by atoms with Crippen molar-refractivity contribution in [3.63, 3.8) is 0 Å². The fourth-order valence-electron chi connectivity index (χ4n) is 2.39. The Hall–Kier alpha value is -1.68. The van der Waals surface area contributed by atoms with E-state index < -0.39 is 5.60 Å². The summed E-state index contributed by atoms with van der Waals surface area (Å²) < 4.78 is 16.7. The van der Waals surface area contributed by atoms with Crippen molar-refractivity contribution in [1.82, 2.24) is 0 Å². The summed E-state index contributed by atoms with van der Waals surface area (Å²) >= 11 is 0. The lowest BCUT2D eigenvalue weighted by Crippen LogP contribution is -2.29. The minimum absolute atomic E-state index is 0.479. The first-order valence-corrected chi connectivity index (χ1v) is 7.59. The molecule has 2 rings (SSSR count). The predicted molar refractivity (Wildman–Crippen MR) is 88.0 cm³/mol. The molecule has 0 spiro atoms. The minimum atomic E-state index is -0.479. The van der Waals surface area contributed by atoms with E-state index in [2.05, 4.69) is 31.2 Å². The van der Waals surface area contributed by atoms with E-state index in [1.165, 1.54) is 0 Å². The molecule has 22 heavy (non-hydrogen) atoms. The SMILES string of the molecule is COCCOCCOC(C)(c1ccccc1)c1ccccc1. The number of hydrogen-bond donors (Lipinski definition) is 0. The number of benzene rings is 2. The molecule has 0 atom stereocenters. The molecule has 0 aliphatic heterocycles. The van der Waals surface area contributed by atoms with Crippen molar-refractivity contribution in [2.45, 2.75) is 12.5 Å². The molecule has 118 valence electrons. The molecule has 0 unspecified atom stereocenters. The summed E-state index contributed by atoms with van der Waals surface area (Å²) in [5.41, 5.74) is 1.80. The normalized spacial score (nSPS) is 11.5. The summed E-state index contributed by atoms with van der Waals surface area (Å²) in [7, 11) is 1.67. The van der Waals surface area contributed by atoms with Gasteiger partial charge in [0.2, 0.25) is 0 Å². The highest BCUT2D eigenvalue weighted by Gasteiger charge is 2.29. The fourth-order valence-corrected chi connectivity index (χ4v) is 2.39. The van der Waals surface area contributed by atoms with Crippen molar-refractivity contribution in [3.05, 3.63) is 71.8 Å². The summed E-state index contributed by atoms with van der Waals surface area (Å²) in [4.78, 5) is 0. The largest absolute Gasteiger partial charge is 0.382 e. The van der Waals surface area contributed by atoms with Gasteiger partial charge in [0.1, 0.15) is 5.60 Å². The van der Waals surface area contributed by atoms with Crippen molar-refractivity contribution in [2.75, 3.05) is 33.5 Å². The van der Waals surface area contributed by atoms with E-state index in [-0.39, 0.29) is 0 Å². The molecule has 0 aliphatic rings. The van der Waals surface area contributed by atoms with Gasteiger partial charge in [0.15, 0.2) is 0 Å². The van der Waals surface area contributed by atoms with Gasteiger partial charge in [-0.1, -0.05) is 60.7 Å². The van der Waals surface area contributed by atoms with E-state index in [1.54, 1.807) is 7.11 Å². The zero-order valence-corrected chi connectivity index (χ0v) is 13.3. The highest BCUT2D eigenvalue weighted by molar-refractivity contribution is 5.35. The Balaban J connectivity index is 2.07. The van der Waals surface area contributed by atoms with Gasteiger partial charge in [-0.3, -0.25) is 0 Å². The molecular formula is C19H24O3. The topological polar surface area (TPSA) is 27.7 Å². The zero-order valence-electron chi connectivity index (χ0n) is 13.3. The average Bonchev–Trinajstić information content (AvgIpc) is 2.59. The molecule has 2 aromatic carbocycles. The van der Waals surface area contributed by atoms with Crippen LogP contribution >= 0.6 is 0 Å². The molecule has 0 heterocycles. The van der Waals surface area contributed by atoms with E-state index in [4.69, 9.17) is 14.2 Å². The second-order valence-electron chi connectivity index (χ2n) is 5.22. The average molecular weight is 300 g/mol. The summed E-state index contributed by atoms with van der Waals surface area (Å²) in [6.45, 7) is 4.39. The maximum atomic E-state index is 6.22. The molecule has 0 radical (unpaired) electrons. The van der Waals surface area contributed by atoms with Crippen molar-refractivity contribution < 1.29 is 14.2 Å². The second kappa shape index (κ2) is 8.69. The van der Waals surface area contributed by atoms with Crippen LogP contribution in [-0.2, 0) is 19.8 Å². The van der Waals surface area contributed by atoms with Crippen LogP contribution in [0.2, 0.25) is 0 Å². The first-order chi connectivity index (χ1) is 10.8. The van der Waals surface area contributed by atoms with Crippen molar-refractivity contribution >= 4 is 0 Å². The third kappa shape index (κ3) is 4.41. The highest BCUT2D eigenvalue weighted by Crippen LogP contribution is 2.32. The molecule has 0 bridgehead atoms. The molecule has 0 aromatic heterocycles. The van der Waals surface area contributed by atoms with Crippen LogP contribution in [0.15, 0.2) is 60.7 Å². The summed E-state index contributed by atoms with van der Waals surface area (Å²) in [5.74, 6) is 0. The predicted octanol–water partition coefficient (Wildman–Crippen LogP) is 3.63. The van der Waals surface area contributed by atoms with Crippen molar-refractivity contribution in [3.8, 4) is 0 Å². The van der Waals surface area contributed by atoms with Gasteiger partial charge in [0.25, 0.3) is 0 Å². The van der Waals surface area contributed by atoms with Crippen LogP contribution in [0.3, 0.4) is 0 Å². The lowest BCUT2D eigenvalue weighted by molar-refractivity contribution is -0.0416. The molecule has 0 saturated heterocycles. The van der Waals surface area contributed by atoms with E-state index in [0.717, 1.165) is 11.1 Å². The summed E-state index contributed by atoms with van der Waals surface area (Å²) in [5, 5.41) is 0. The van der Waals surface area contributed by atoms with Crippen LogP contribution in [0.4, 0.5) is 0 Å². The van der Waals surface area contributed by atoms with Crippen molar-refractivity contribution in [1.29, 1.82) is 0 Å². The van der Waals surface area contributed by atoms with E-state index in [9.17, 15) is 0 Å². The van der Waals surface area contributed by atoms with Gasteiger partial charge in [-0.05, 0) is 18.1 Å². The van der Waals surface area contributed by atoms with Gasteiger partial charge in [-0.15, -0.1) is 0 Å². The van der Waals surface area contributed by atoms with Crippen LogP contribution in [0.1, 0.15) is 18.1 Å². The first kappa shape index (κ1) is 16.7. The summed E-state index contributed by atoms with van der Waals surface area (Å²) in [6.07, 6.45) is 0. The maximum absolute atomic E-state index is 6.22. The Morgan fingerprint density at radius 1 is 0.727 bits per heavy atom. The standard InChI is InChI=1S/C19H24O3/c1-19(17-9-5-3-6-10-17,18-11-7-4-8-12-18)22-16-15-21-14-13-20-2/h3-12H,13-16H2,1-2H3. The number of rotatable bonds is 9. The van der Waals surface area contributed by atoms with Gasteiger partial charge < -0.3 is 14.2 Å². The zero-order chi connectivity index (χ0) is 15.7. The third-order valence-electron chi connectivity index (χ3n) is 3.70. The molecule has 0 aliphatic carbocycles. The molecule has 0 amide bonds. The third-order valence-corrected chi connectivity index (χ3v) is 3.70. The number of ether oxygens (including phenoxy) is 3. The molecule has 0 N–H and O–H groups in total. The smallest absolute Gasteiger partial charge is 0.115 e. The van der Waals surface area contributed by atoms with Crippen LogP contribution in [0.5, 0.6) is 0 Å². The Bertz CT molecular complexity index is 485. The van der Waals surface area contributed by atoms with Crippen LogP contribution in [0, 0.1) is 0 Å². The Morgan fingerprint density at radius 3 is 1.73 bits per heavy atom. The maximum Gasteiger partial charge on any atom is 0.115 e. The van der Waals surface area contributed by atoms with Gasteiger partial charge >= 0.3 is 0 Å². The van der Waals surface area contributed by atoms with Gasteiger partial charge in [-0.2, -0.15) is 0 Å². The Morgan fingerprint density at radius 2 is 1.23 bits per heavy atom. The molecule has 0 saturated carbocycles. The quantitative estimate of drug-likeness (QED) is 0.662.